The molecule has 0 bridgehead atoms. The summed E-state index contributed by atoms with van der Waals surface area (Å²) in [5, 5.41) is 47.2. The predicted molar refractivity (Wildman–Crippen MR) is 121 cm³/mol. The van der Waals surface area contributed by atoms with Crippen LogP contribution in [-0.4, -0.2) is 105 Å². The van der Waals surface area contributed by atoms with Gasteiger partial charge in [0, 0.05) is 18.5 Å². The van der Waals surface area contributed by atoms with E-state index >= 15 is 0 Å². The van der Waals surface area contributed by atoms with Crippen LogP contribution in [0.15, 0.2) is 11.6 Å². The van der Waals surface area contributed by atoms with Crippen molar-refractivity contribution in [3.8, 4) is 0 Å². The van der Waals surface area contributed by atoms with Crippen molar-refractivity contribution >= 4 is 17.8 Å². The molecule has 1 amide bonds. The van der Waals surface area contributed by atoms with Crippen molar-refractivity contribution in [2.24, 2.45) is 5.73 Å². The van der Waals surface area contributed by atoms with E-state index in [-0.39, 0.29) is 30.1 Å². The van der Waals surface area contributed by atoms with Gasteiger partial charge in [0.1, 0.15) is 18.3 Å². The minimum absolute atomic E-state index is 0.0613. The smallest absolute Gasteiger partial charge is 0.335 e. The molecule has 13 heteroatoms. The van der Waals surface area contributed by atoms with E-state index in [1.807, 2.05) is 13.8 Å². The van der Waals surface area contributed by atoms with E-state index in [0.29, 0.717) is 18.6 Å². The number of aliphatic hydroxyl groups is 4. The van der Waals surface area contributed by atoms with Crippen LogP contribution in [0.2, 0.25) is 0 Å². The number of aliphatic carboxylic acids is 1. The van der Waals surface area contributed by atoms with Crippen molar-refractivity contribution in [2.75, 3.05) is 6.61 Å². The molecule has 0 aromatic heterocycles. The van der Waals surface area contributed by atoms with Crippen LogP contribution in [0.1, 0.15) is 47.0 Å². The van der Waals surface area contributed by atoms with Gasteiger partial charge in [0.15, 0.2) is 12.4 Å². The number of carboxylic acid groups (broad SMARTS) is 1. The standard InChI is InChI=1S/C16H28N2O4.C6H10O7/c1-5-12(6-2)22-14-9-11(16(20)21-7-3)8-13(17)15(14)18-10(4)19;7-1-2(8)4(5(10)11)13-6(12)3(1)9/h9,12-15H,5-8,17H2,1-4H3,(H,18,19);1-4,6-9,12H,(H,10,11)/t13-,14+,15+;1-,2-,3+,4-,6+/m00/s1. The summed E-state index contributed by atoms with van der Waals surface area (Å²) in [7, 11) is 0. The molecule has 0 saturated carbocycles. The third kappa shape index (κ3) is 8.79. The maximum atomic E-state index is 12.0. The largest absolute Gasteiger partial charge is 0.479 e. The fraction of sp³-hybridized carbons (Fsp3) is 0.773. The first-order valence-electron chi connectivity index (χ1n) is 11.5. The molecule has 0 unspecified atom stereocenters. The van der Waals surface area contributed by atoms with Crippen LogP contribution in [0.25, 0.3) is 0 Å². The highest BCUT2D eigenvalue weighted by molar-refractivity contribution is 5.89. The van der Waals surface area contributed by atoms with Crippen LogP contribution >= 0.6 is 0 Å². The van der Waals surface area contributed by atoms with E-state index in [1.165, 1.54) is 6.92 Å². The Bertz CT molecular complexity index is 743. The summed E-state index contributed by atoms with van der Waals surface area (Å²) in [4.78, 5) is 33.7. The van der Waals surface area contributed by atoms with Crippen LogP contribution < -0.4 is 11.1 Å². The maximum absolute atomic E-state index is 12.0. The Morgan fingerprint density at radius 1 is 1.11 bits per heavy atom. The molecule has 0 aromatic rings. The molecule has 1 aliphatic heterocycles. The van der Waals surface area contributed by atoms with Gasteiger partial charge in [-0.2, -0.15) is 0 Å². The fourth-order valence-corrected chi connectivity index (χ4v) is 3.69. The first kappa shape index (κ1) is 30.9. The lowest BCUT2D eigenvalue weighted by molar-refractivity contribution is -0.279. The Balaban J connectivity index is 0.000000400. The highest BCUT2D eigenvalue weighted by atomic mass is 16.6. The number of ether oxygens (including phenoxy) is 3. The molecule has 2 aliphatic rings. The van der Waals surface area contributed by atoms with Crippen molar-refractivity contribution in [3.63, 3.8) is 0 Å². The van der Waals surface area contributed by atoms with E-state index < -0.39 is 42.8 Å². The van der Waals surface area contributed by atoms with Gasteiger partial charge in [0.05, 0.1) is 24.9 Å². The molecule has 8 N–H and O–H groups in total. The number of hydrogen-bond acceptors (Lipinski definition) is 11. The monoisotopic (exact) mass is 506 g/mol. The SMILES string of the molecule is CCOC(=O)C1=C[C@@H](OC(CC)CC)[C@H](NC(C)=O)[C@@H](N)C1.O=C(O)[C@H]1O[C@@H](O)[C@H](O)[C@@H](O)[C@@H]1O. The van der Waals surface area contributed by atoms with E-state index in [9.17, 15) is 14.4 Å². The molecule has 1 heterocycles. The molecule has 35 heavy (non-hydrogen) atoms. The minimum atomic E-state index is -1.81. The second kappa shape index (κ2) is 14.4. The van der Waals surface area contributed by atoms with Crippen molar-refractivity contribution in [2.45, 2.75) is 102 Å². The first-order valence-corrected chi connectivity index (χ1v) is 11.5. The first-order chi connectivity index (χ1) is 16.4. The zero-order valence-electron chi connectivity index (χ0n) is 20.4. The predicted octanol–water partition coefficient (Wildman–Crippen LogP) is -1.84. The molecule has 0 spiro atoms. The highest BCUT2D eigenvalue weighted by Gasteiger charge is 2.46. The zero-order valence-corrected chi connectivity index (χ0v) is 20.4. The van der Waals surface area contributed by atoms with Gasteiger partial charge in [-0.25, -0.2) is 9.59 Å². The molecule has 0 aromatic carbocycles. The Morgan fingerprint density at radius 2 is 1.71 bits per heavy atom. The average molecular weight is 507 g/mol. The lowest BCUT2D eigenvalue weighted by Crippen LogP contribution is -2.59. The van der Waals surface area contributed by atoms with Crippen LogP contribution in [0, 0.1) is 0 Å². The summed E-state index contributed by atoms with van der Waals surface area (Å²) in [6.45, 7) is 7.62. The normalized spacial score (nSPS) is 32.7. The van der Waals surface area contributed by atoms with E-state index in [1.54, 1.807) is 13.0 Å². The number of carbonyl (C=O) groups is 3. The summed E-state index contributed by atoms with van der Waals surface area (Å²) in [6, 6.07) is -0.719. The number of carbonyl (C=O) groups excluding carboxylic acids is 2. The number of aliphatic hydroxyl groups excluding tert-OH is 4. The van der Waals surface area contributed by atoms with E-state index in [2.05, 4.69) is 10.1 Å². The highest BCUT2D eigenvalue weighted by Crippen LogP contribution is 2.24. The van der Waals surface area contributed by atoms with Gasteiger partial charge in [-0.1, -0.05) is 13.8 Å². The number of hydrogen-bond donors (Lipinski definition) is 7. The van der Waals surface area contributed by atoms with Crippen molar-refractivity contribution in [3.05, 3.63) is 11.6 Å². The van der Waals surface area contributed by atoms with Gasteiger partial charge in [-0.3, -0.25) is 4.79 Å². The zero-order chi connectivity index (χ0) is 26.9. The number of esters is 1. The fourth-order valence-electron chi connectivity index (χ4n) is 3.69. The van der Waals surface area contributed by atoms with Gasteiger partial charge in [0.2, 0.25) is 5.91 Å². The van der Waals surface area contributed by atoms with Gasteiger partial charge in [-0.15, -0.1) is 0 Å². The molecule has 1 fully saturated rings. The minimum Gasteiger partial charge on any atom is -0.479 e. The summed E-state index contributed by atoms with van der Waals surface area (Å²) < 4.78 is 15.4. The van der Waals surface area contributed by atoms with E-state index in [4.69, 9.17) is 40.7 Å². The third-order valence-corrected chi connectivity index (χ3v) is 5.64. The molecule has 1 saturated heterocycles. The van der Waals surface area contributed by atoms with Gasteiger partial charge < -0.3 is 50.8 Å². The Labute approximate surface area is 203 Å². The lowest BCUT2D eigenvalue weighted by Gasteiger charge is -2.36. The number of amides is 1. The Kier molecular flexibility index (Phi) is 12.7. The van der Waals surface area contributed by atoms with Crippen molar-refractivity contribution in [1.29, 1.82) is 0 Å². The number of nitrogens with two attached hydrogens (primary N) is 1. The van der Waals surface area contributed by atoms with E-state index in [0.717, 1.165) is 12.8 Å². The van der Waals surface area contributed by atoms with Crippen molar-refractivity contribution < 1.29 is 54.1 Å². The van der Waals surface area contributed by atoms with Gasteiger partial charge in [0.25, 0.3) is 0 Å². The summed E-state index contributed by atoms with van der Waals surface area (Å²) in [6.07, 6.45) is -5.25. The van der Waals surface area contributed by atoms with Gasteiger partial charge >= 0.3 is 11.9 Å². The molecule has 1 aliphatic carbocycles. The summed E-state index contributed by atoms with van der Waals surface area (Å²) in [5.74, 6) is -2.04. The van der Waals surface area contributed by atoms with Crippen LogP contribution in [0.3, 0.4) is 0 Å². The molecule has 202 valence electrons. The Hall–Kier alpha value is -2.13. The quantitative estimate of drug-likeness (QED) is 0.181. The number of rotatable bonds is 8. The molecule has 13 nitrogen and oxygen atoms in total. The summed E-state index contributed by atoms with van der Waals surface area (Å²) in [5.41, 5.74) is 6.68. The van der Waals surface area contributed by atoms with Crippen LogP contribution in [0.4, 0.5) is 0 Å². The number of carboxylic acids is 1. The van der Waals surface area contributed by atoms with Crippen LogP contribution in [0.5, 0.6) is 0 Å². The molecular weight excluding hydrogens is 468 g/mol. The van der Waals surface area contributed by atoms with Crippen LogP contribution in [-0.2, 0) is 28.6 Å². The molecule has 0 radical (unpaired) electrons. The molecule has 8 atom stereocenters. The van der Waals surface area contributed by atoms with Gasteiger partial charge in [-0.05, 0) is 32.3 Å². The lowest BCUT2D eigenvalue weighted by atomic mass is 9.88. The molecular formula is C22H38N2O11. The second-order valence-electron chi connectivity index (χ2n) is 8.30. The Morgan fingerprint density at radius 3 is 2.20 bits per heavy atom. The summed E-state index contributed by atoms with van der Waals surface area (Å²) >= 11 is 0. The average Bonchev–Trinajstić information content (AvgIpc) is 2.80. The number of nitrogens with one attached hydrogen (secondary N) is 1. The second-order valence-corrected chi connectivity index (χ2v) is 8.30. The third-order valence-electron chi connectivity index (χ3n) is 5.64. The van der Waals surface area contributed by atoms with Crippen molar-refractivity contribution in [1.82, 2.24) is 5.32 Å². The molecule has 2 rings (SSSR count). The maximum Gasteiger partial charge on any atom is 0.335 e. The topological polar surface area (TPSA) is 218 Å².